The number of rotatable bonds is 6. The number of hydrogen-bond donors (Lipinski definition) is 1. The van der Waals surface area contributed by atoms with E-state index in [1.165, 1.54) is 16.8 Å². The zero-order valence-corrected chi connectivity index (χ0v) is 24.6. The number of pyridine rings is 2. The van der Waals surface area contributed by atoms with Gasteiger partial charge in [0, 0.05) is 45.5 Å². The fourth-order valence-electron chi connectivity index (χ4n) is 5.82. The third-order valence-electron chi connectivity index (χ3n) is 7.97. The number of aromatic nitrogens is 6. The molecule has 1 aliphatic rings. The van der Waals surface area contributed by atoms with Crippen molar-refractivity contribution in [2.24, 2.45) is 0 Å². The molecule has 1 aliphatic heterocycles. The van der Waals surface area contributed by atoms with Gasteiger partial charge in [0.15, 0.2) is 5.65 Å². The van der Waals surface area contributed by atoms with Crippen LogP contribution < -0.4 is 10.2 Å². The number of thiophene rings is 1. The molecule has 0 spiro atoms. The Kier molecular flexibility index (Phi) is 6.84. The number of nitrogens with zero attached hydrogens (tertiary/aromatic N) is 7. The predicted molar refractivity (Wildman–Crippen MR) is 170 cm³/mol. The number of carbonyl (C=O) groups is 1. The molecule has 0 bridgehead atoms. The SMILES string of the molecule is O=C(c1ccc(-n2nnc3cccnc32)cc1F)N(c1nccc2sc(-c3cccc(-c4ncco4)c3)cc12)[C@@H]1CCCNC1. The second kappa shape index (κ2) is 11.3. The van der Waals surface area contributed by atoms with Crippen molar-refractivity contribution >= 4 is 44.3 Å². The first-order valence-corrected chi connectivity index (χ1v) is 15.4. The van der Waals surface area contributed by atoms with Gasteiger partial charge in [-0.15, -0.1) is 16.4 Å². The highest BCUT2D eigenvalue weighted by Crippen LogP contribution is 2.39. The third-order valence-corrected chi connectivity index (χ3v) is 9.12. The number of carbonyl (C=O) groups excluding carboxylic acids is 1. The normalized spacial score (nSPS) is 15.1. The Morgan fingerprint density at radius 3 is 2.78 bits per heavy atom. The summed E-state index contributed by atoms with van der Waals surface area (Å²) in [6, 6.07) is 19.8. The van der Waals surface area contributed by atoms with Gasteiger partial charge in [0.05, 0.1) is 23.5 Å². The molecule has 12 heteroatoms. The van der Waals surface area contributed by atoms with Gasteiger partial charge < -0.3 is 9.73 Å². The second-order valence-corrected chi connectivity index (χ2v) is 11.8. The summed E-state index contributed by atoms with van der Waals surface area (Å²) in [5.74, 6) is -0.0592. The van der Waals surface area contributed by atoms with Crippen molar-refractivity contribution < 1.29 is 13.6 Å². The molecule has 6 heterocycles. The zero-order chi connectivity index (χ0) is 30.3. The average Bonchev–Trinajstić information content (AvgIpc) is 3.86. The topological polar surface area (TPSA) is 115 Å². The van der Waals surface area contributed by atoms with E-state index in [9.17, 15) is 4.79 Å². The monoisotopic (exact) mass is 616 g/mol. The van der Waals surface area contributed by atoms with E-state index >= 15 is 4.39 Å². The van der Waals surface area contributed by atoms with E-state index < -0.39 is 11.7 Å². The molecule has 2 aromatic carbocycles. The number of benzene rings is 2. The number of oxazole rings is 1. The second-order valence-electron chi connectivity index (χ2n) is 10.8. The van der Waals surface area contributed by atoms with Crippen LogP contribution in [0.5, 0.6) is 0 Å². The van der Waals surface area contributed by atoms with Crippen molar-refractivity contribution in [3.8, 4) is 27.6 Å². The smallest absolute Gasteiger partial charge is 0.262 e. The first-order chi connectivity index (χ1) is 22.1. The minimum Gasteiger partial charge on any atom is -0.445 e. The fraction of sp³-hybridized carbons (Fsp3) is 0.152. The summed E-state index contributed by atoms with van der Waals surface area (Å²) < 4.78 is 23.8. The number of hydrogen-bond acceptors (Lipinski definition) is 9. The van der Waals surface area contributed by atoms with Crippen LogP contribution in [0, 0.1) is 5.82 Å². The predicted octanol–water partition coefficient (Wildman–Crippen LogP) is 6.29. The van der Waals surface area contributed by atoms with E-state index in [0.29, 0.717) is 35.1 Å². The van der Waals surface area contributed by atoms with Crippen LogP contribution in [-0.2, 0) is 0 Å². The van der Waals surface area contributed by atoms with E-state index in [1.807, 2.05) is 30.3 Å². The van der Waals surface area contributed by atoms with Crippen molar-refractivity contribution in [2.75, 3.05) is 18.0 Å². The zero-order valence-electron chi connectivity index (χ0n) is 23.8. The van der Waals surface area contributed by atoms with Gasteiger partial charge in [-0.25, -0.2) is 19.3 Å². The maximum absolute atomic E-state index is 15.9. The van der Waals surface area contributed by atoms with Crippen LogP contribution in [0.3, 0.4) is 0 Å². The molecular formula is C33H25FN8O2S. The van der Waals surface area contributed by atoms with Crippen LogP contribution in [0.4, 0.5) is 10.2 Å². The lowest BCUT2D eigenvalue weighted by Gasteiger charge is -2.34. The molecule has 8 rings (SSSR count). The lowest BCUT2D eigenvalue weighted by atomic mass is 10.0. The first kappa shape index (κ1) is 27.2. The molecule has 222 valence electrons. The van der Waals surface area contributed by atoms with Crippen LogP contribution in [0.25, 0.3) is 48.8 Å². The van der Waals surface area contributed by atoms with Gasteiger partial charge >= 0.3 is 0 Å². The summed E-state index contributed by atoms with van der Waals surface area (Å²) >= 11 is 1.61. The third kappa shape index (κ3) is 4.93. The van der Waals surface area contributed by atoms with Gasteiger partial charge in [-0.05, 0) is 73.5 Å². The molecule has 10 nitrogen and oxygen atoms in total. The van der Waals surface area contributed by atoms with E-state index in [4.69, 9.17) is 9.40 Å². The number of fused-ring (bicyclic) bond motifs is 2. The standard InChI is InChI=1S/C33H25FN8O2S/c34-26-17-22(42-31-27(39-40-42)7-3-12-36-31)8-9-24(26)33(43)41(23-6-2-11-35-19-23)30-25-18-29(45-28(25)10-13-37-30)20-4-1-5-21(16-20)32-38-14-15-44-32/h1,3-5,7-10,12-18,23,35H,2,6,11,19H2/t23-/m1/s1. The van der Waals surface area contributed by atoms with E-state index in [2.05, 4.69) is 31.7 Å². The van der Waals surface area contributed by atoms with Crippen LogP contribution in [0.15, 0.2) is 96.0 Å². The number of anilines is 1. The molecule has 5 aromatic heterocycles. The summed E-state index contributed by atoms with van der Waals surface area (Å²) in [6.07, 6.45) is 8.16. The van der Waals surface area contributed by atoms with Crippen LogP contribution in [0.2, 0.25) is 0 Å². The Bertz CT molecular complexity index is 2170. The quantitative estimate of drug-likeness (QED) is 0.232. The summed E-state index contributed by atoms with van der Waals surface area (Å²) in [7, 11) is 0. The van der Waals surface area contributed by atoms with Gasteiger partial charge in [-0.1, -0.05) is 17.3 Å². The van der Waals surface area contributed by atoms with Gasteiger partial charge in [0.25, 0.3) is 5.91 Å². The molecule has 1 N–H and O–H groups in total. The number of halogens is 1. The van der Waals surface area contributed by atoms with Gasteiger partial charge in [-0.3, -0.25) is 9.69 Å². The van der Waals surface area contributed by atoms with Crippen molar-refractivity contribution in [3.05, 3.63) is 103 Å². The van der Waals surface area contributed by atoms with E-state index in [1.54, 1.807) is 59.3 Å². The molecule has 1 saturated heterocycles. The Balaban J connectivity index is 1.19. The Labute approximate surface area is 260 Å². The van der Waals surface area contributed by atoms with Crippen molar-refractivity contribution in [1.29, 1.82) is 0 Å². The first-order valence-electron chi connectivity index (χ1n) is 14.5. The molecule has 0 radical (unpaired) electrons. The fourth-order valence-corrected chi connectivity index (χ4v) is 6.87. The van der Waals surface area contributed by atoms with Crippen LogP contribution in [-0.4, -0.2) is 55.0 Å². The minimum absolute atomic E-state index is 0.0467. The average molecular weight is 617 g/mol. The van der Waals surface area contributed by atoms with Crippen molar-refractivity contribution in [2.45, 2.75) is 18.9 Å². The maximum Gasteiger partial charge on any atom is 0.262 e. The Morgan fingerprint density at radius 2 is 1.93 bits per heavy atom. The summed E-state index contributed by atoms with van der Waals surface area (Å²) in [6.45, 7) is 1.44. The lowest BCUT2D eigenvalue weighted by molar-refractivity contribution is 0.0968. The van der Waals surface area contributed by atoms with Crippen LogP contribution in [0.1, 0.15) is 23.2 Å². The lowest BCUT2D eigenvalue weighted by Crippen LogP contribution is -2.49. The van der Waals surface area contributed by atoms with Gasteiger partial charge in [0.1, 0.15) is 23.4 Å². The molecular weight excluding hydrogens is 591 g/mol. The number of piperidine rings is 1. The highest BCUT2D eigenvalue weighted by atomic mass is 32.1. The molecule has 7 aromatic rings. The number of nitrogens with one attached hydrogen (secondary N) is 1. The van der Waals surface area contributed by atoms with E-state index in [-0.39, 0.29) is 11.6 Å². The summed E-state index contributed by atoms with van der Waals surface area (Å²) in [4.78, 5) is 30.3. The summed E-state index contributed by atoms with van der Waals surface area (Å²) in [5, 5.41) is 12.5. The maximum atomic E-state index is 15.9. The molecule has 0 aliphatic carbocycles. The Morgan fingerprint density at radius 1 is 1.00 bits per heavy atom. The molecule has 1 atom stereocenters. The molecule has 0 unspecified atom stereocenters. The summed E-state index contributed by atoms with van der Waals surface area (Å²) in [5.41, 5.74) is 3.33. The molecule has 45 heavy (non-hydrogen) atoms. The Hall–Kier alpha value is -5.33. The molecule has 0 saturated carbocycles. The van der Waals surface area contributed by atoms with Crippen molar-refractivity contribution in [3.63, 3.8) is 0 Å². The molecule has 1 amide bonds. The highest BCUT2D eigenvalue weighted by Gasteiger charge is 2.32. The highest BCUT2D eigenvalue weighted by molar-refractivity contribution is 7.22. The largest absolute Gasteiger partial charge is 0.445 e. The van der Waals surface area contributed by atoms with Gasteiger partial charge in [0.2, 0.25) is 5.89 Å². The van der Waals surface area contributed by atoms with E-state index in [0.717, 1.165) is 45.5 Å². The van der Waals surface area contributed by atoms with Crippen LogP contribution >= 0.6 is 11.3 Å². The van der Waals surface area contributed by atoms with Gasteiger partial charge in [-0.2, -0.15) is 4.68 Å². The number of amides is 1. The molecule has 1 fully saturated rings. The minimum atomic E-state index is -0.660. The van der Waals surface area contributed by atoms with Crippen molar-refractivity contribution in [1.82, 2.24) is 35.3 Å².